The SMILES string of the molecule is CCCCCCCC(CCCCCCC)N1C(=O)c2c(Cl)cc3c4cc(Cl)c5c6c(c(Cl)cc(c7cc(Cl)c(c2c37)C1=O)c64)C(O)N(C(CCCCCCC)CCCCCCC)C5=O. The molecule has 2 heterocycles. The van der Waals surface area contributed by atoms with Gasteiger partial charge in [0.2, 0.25) is 0 Å². The lowest BCUT2D eigenvalue weighted by atomic mass is 9.81. The van der Waals surface area contributed by atoms with Crippen molar-refractivity contribution in [3.8, 4) is 0 Å². The van der Waals surface area contributed by atoms with E-state index in [1.807, 2.05) is 24.3 Å². The van der Waals surface area contributed by atoms with Gasteiger partial charge in [0.05, 0.1) is 31.8 Å². The normalized spacial score (nSPS) is 15.4. The van der Waals surface area contributed by atoms with E-state index in [1.165, 1.54) is 30.6 Å². The molecule has 5 aromatic rings. The van der Waals surface area contributed by atoms with E-state index >= 15 is 0 Å². The quantitative estimate of drug-likeness (QED) is 0.0259. The fraction of sp³-hybridized carbons (Fsp3) is 0.574. The molecule has 0 radical (unpaired) electrons. The number of aliphatic hydroxyl groups excluding tert-OH is 1. The van der Waals surface area contributed by atoms with Gasteiger partial charge in [0, 0.05) is 33.4 Å². The van der Waals surface area contributed by atoms with Crippen molar-refractivity contribution in [3.05, 3.63) is 66.6 Å². The van der Waals surface area contributed by atoms with Gasteiger partial charge in [0.25, 0.3) is 17.7 Å². The molecule has 5 aromatic carbocycles. The Hall–Kier alpha value is -2.87. The van der Waals surface area contributed by atoms with Crippen LogP contribution in [-0.2, 0) is 0 Å². The van der Waals surface area contributed by atoms with Gasteiger partial charge in [-0.1, -0.05) is 203 Å². The first-order valence-corrected chi connectivity index (χ1v) is 26.4. The molecule has 0 bridgehead atoms. The molecule has 7 rings (SSSR count). The first-order valence-electron chi connectivity index (χ1n) is 24.9. The van der Waals surface area contributed by atoms with Gasteiger partial charge in [-0.15, -0.1) is 0 Å². The Kier molecular flexibility index (Phi) is 17.1. The summed E-state index contributed by atoms with van der Waals surface area (Å²) in [5, 5.41) is 18.5. The minimum atomic E-state index is -1.28. The average molecular weight is 951 g/mol. The maximum absolute atomic E-state index is 15.0. The summed E-state index contributed by atoms with van der Waals surface area (Å²) in [7, 11) is 0. The molecule has 1 N–H and O–H groups in total. The fourth-order valence-corrected chi connectivity index (χ4v) is 12.2. The highest BCUT2D eigenvalue weighted by molar-refractivity contribution is 6.49. The molecular weight excluding hydrogens is 882 g/mol. The average Bonchev–Trinajstić information content (AvgIpc) is 3.26. The zero-order valence-electron chi connectivity index (χ0n) is 38.6. The molecule has 3 amide bonds. The van der Waals surface area contributed by atoms with Crippen LogP contribution in [0.3, 0.4) is 0 Å². The molecule has 346 valence electrons. The topological polar surface area (TPSA) is 77.9 Å². The highest BCUT2D eigenvalue weighted by Crippen LogP contribution is 2.53. The Labute approximate surface area is 401 Å². The standard InChI is InChI=1S/C54H68Cl4N2O4/c1-5-9-13-17-21-25-33(26-22-18-14-10-6-2)59-51(61)45-39(55)29-35-37-31-41(57)47-50-44(37)38(36-30-40(56)46(52(59)62)49(45)43(35)36)32-42(58)48(50)54(64)60(53(47)63)34(27-23-19-15-11-7-3)28-24-20-16-12-8-4/h29-34,51,61H,5-28H2,1-4H3. The van der Waals surface area contributed by atoms with Crippen LogP contribution in [0.5, 0.6) is 0 Å². The third-order valence-electron chi connectivity index (χ3n) is 14.4. The van der Waals surface area contributed by atoms with Crippen LogP contribution in [0.1, 0.15) is 225 Å². The fourth-order valence-electron chi connectivity index (χ4n) is 11.1. The monoisotopic (exact) mass is 948 g/mol. The lowest BCUT2D eigenvalue weighted by Crippen LogP contribution is -2.47. The summed E-state index contributed by atoms with van der Waals surface area (Å²) < 4.78 is 0. The smallest absolute Gasteiger partial charge is 0.263 e. The molecular formula is C54H68Cl4N2O4. The second kappa shape index (κ2) is 22.3. The Morgan fingerprint density at radius 3 is 1.16 bits per heavy atom. The second-order valence-corrected chi connectivity index (χ2v) is 20.5. The molecule has 0 spiro atoms. The van der Waals surface area contributed by atoms with E-state index in [9.17, 15) is 19.5 Å². The van der Waals surface area contributed by atoms with Crippen molar-refractivity contribution < 1.29 is 19.5 Å². The van der Waals surface area contributed by atoms with Gasteiger partial charge in [0.15, 0.2) is 6.23 Å². The second-order valence-electron chi connectivity index (χ2n) is 18.8. The van der Waals surface area contributed by atoms with E-state index in [2.05, 4.69) is 27.7 Å². The van der Waals surface area contributed by atoms with Crippen molar-refractivity contribution >= 4 is 107 Å². The zero-order chi connectivity index (χ0) is 45.7. The van der Waals surface area contributed by atoms with Gasteiger partial charge in [-0.25, -0.2) is 0 Å². The van der Waals surface area contributed by atoms with E-state index in [0.717, 1.165) is 128 Å². The summed E-state index contributed by atoms with van der Waals surface area (Å²) in [6.07, 6.45) is 23.6. The number of hydrogen-bond donors (Lipinski definition) is 1. The Bertz CT molecular complexity index is 2380. The summed E-state index contributed by atoms with van der Waals surface area (Å²) in [5.74, 6) is -1.08. The minimum absolute atomic E-state index is 0.181. The maximum Gasteiger partial charge on any atom is 0.263 e. The molecule has 0 fully saturated rings. The van der Waals surface area contributed by atoms with Gasteiger partial charge < -0.3 is 10.0 Å². The highest BCUT2D eigenvalue weighted by Gasteiger charge is 2.43. The Balaban J connectivity index is 1.34. The van der Waals surface area contributed by atoms with Crippen LogP contribution in [0.25, 0.3) is 43.1 Å². The molecule has 0 aromatic heterocycles. The Morgan fingerprint density at radius 2 is 0.766 bits per heavy atom. The summed E-state index contributed by atoms with van der Waals surface area (Å²) in [4.78, 5) is 47.9. The highest BCUT2D eigenvalue weighted by atomic mass is 35.5. The summed E-state index contributed by atoms with van der Waals surface area (Å²) >= 11 is 29.1. The first kappa shape index (κ1) is 49.0. The number of carbonyl (C=O) groups excluding carboxylic acids is 3. The summed E-state index contributed by atoms with van der Waals surface area (Å²) in [6, 6.07) is 6.82. The van der Waals surface area contributed by atoms with Gasteiger partial charge in [0.1, 0.15) is 0 Å². The van der Waals surface area contributed by atoms with Gasteiger partial charge in [-0.2, -0.15) is 0 Å². The van der Waals surface area contributed by atoms with Crippen molar-refractivity contribution in [3.63, 3.8) is 0 Å². The zero-order valence-corrected chi connectivity index (χ0v) is 41.6. The lowest BCUT2D eigenvalue weighted by Gasteiger charge is -2.41. The molecule has 2 aliphatic heterocycles. The number of nitrogens with zero attached hydrogens (tertiary/aromatic N) is 2. The molecule has 2 aliphatic rings. The van der Waals surface area contributed by atoms with E-state index in [-0.39, 0.29) is 56.0 Å². The third kappa shape index (κ3) is 9.49. The molecule has 0 saturated heterocycles. The first-order chi connectivity index (χ1) is 31.0. The van der Waals surface area contributed by atoms with Crippen molar-refractivity contribution in [2.45, 2.75) is 200 Å². The van der Waals surface area contributed by atoms with E-state index in [4.69, 9.17) is 46.4 Å². The molecule has 6 nitrogen and oxygen atoms in total. The Morgan fingerprint density at radius 1 is 0.438 bits per heavy atom. The number of benzene rings is 5. The van der Waals surface area contributed by atoms with Crippen LogP contribution in [0, 0.1) is 0 Å². The molecule has 1 atom stereocenters. The van der Waals surface area contributed by atoms with Crippen LogP contribution >= 0.6 is 46.4 Å². The van der Waals surface area contributed by atoms with Crippen LogP contribution in [0.4, 0.5) is 0 Å². The van der Waals surface area contributed by atoms with E-state index in [1.54, 1.807) is 4.90 Å². The number of aliphatic hydroxyl groups is 1. The number of amides is 3. The van der Waals surface area contributed by atoms with Gasteiger partial charge in [-0.05, 0) is 82.3 Å². The number of carbonyl (C=O) groups is 3. The van der Waals surface area contributed by atoms with E-state index < -0.39 is 6.23 Å². The van der Waals surface area contributed by atoms with Crippen LogP contribution in [0.2, 0.25) is 20.1 Å². The number of halogens is 4. The number of rotatable bonds is 26. The number of fused-ring (bicyclic) bond motifs is 2. The van der Waals surface area contributed by atoms with Crippen molar-refractivity contribution in [2.24, 2.45) is 0 Å². The molecule has 1 unspecified atom stereocenters. The number of imide groups is 1. The van der Waals surface area contributed by atoms with Crippen LogP contribution in [-0.4, -0.2) is 44.7 Å². The molecule has 10 heteroatoms. The minimum Gasteiger partial charge on any atom is -0.369 e. The number of unbranched alkanes of at least 4 members (excludes halogenated alkanes) is 16. The van der Waals surface area contributed by atoms with Crippen molar-refractivity contribution in [1.82, 2.24) is 9.80 Å². The van der Waals surface area contributed by atoms with Crippen molar-refractivity contribution in [2.75, 3.05) is 0 Å². The maximum atomic E-state index is 15.0. The largest absolute Gasteiger partial charge is 0.369 e. The third-order valence-corrected chi connectivity index (χ3v) is 15.6. The van der Waals surface area contributed by atoms with Gasteiger partial charge in [-0.3, -0.25) is 19.3 Å². The summed E-state index contributed by atoms with van der Waals surface area (Å²) in [5.41, 5.74) is 1.35. The predicted molar refractivity (Wildman–Crippen MR) is 270 cm³/mol. The van der Waals surface area contributed by atoms with Crippen LogP contribution in [0.15, 0.2) is 24.3 Å². The molecule has 64 heavy (non-hydrogen) atoms. The molecule has 0 aliphatic carbocycles. The van der Waals surface area contributed by atoms with Gasteiger partial charge >= 0.3 is 0 Å². The summed E-state index contributed by atoms with van der Waals surface area (Å²) in [6.45, 7) is 8.80. The molecule has 0 saturated carbocycles. The predicted octanol–water partition coefficient (Wildman–Crippen LogP) is 17.6. The van der Waals surface area contributed by atoms with Crippen molar-refractivity contribution in [1.29, 1.82) is 0 Å². The lowest BCUT2D eigenvalue weighted by molar-refractivity contribution is -0.0199. The number of hydrogen-bond acceptors (Lipinski definition) is 4. The van der Waals surface area contributed by atoms with Crippen LogP contribution < -0.4 is 0 Å². The van der Waals surface area contributed by atoms with E-state index in [0.29, 0.717) is 59.2 Å².